The number of benzene rings is 3. The highest BCUT2D eigenvalue weighted by atomic mass is 79.9. The van der Waals surface area contributed by atoms with E-state index in [2.05, 4.69) is 39.6 Å². The normalized spacial score (nSPS) is 10.8. The van der Waals surface area contributed by atoms with Crippen LogP contribution in [0.1, 0.15) is 53.4 Å². The number of hydrogen-bond donors (Lipinski definition) is 0. The van der Waals surface area contributed by atoms with Crippen LogP contribution in [0, 0.1) is 0 Å². The van der Waals surface area contributed by atoms with Gasteiger partial charge in [0.25, 0.3) is 5.91 Å². The smallest absolute Gasteiger partial charge is 0.254 e. The average Bonchev–Trinajstić information content (AvgIpc) is 3.43. The summed E-state index contributed by atoms with van der Waals surface area (Å²) in [4.78, 5) is 31.0. The van der Waals surface area contributed by atoms with Crippen molar-refractivity contribution in [2.75, 3.05) is 20.2 Å². The largest absolute Gasteiger partial charge is 0.497 e. The Balaban J connectivity index is 1.56. The summed E-state index contributed by atoms with van der Waals surface area (Å²) in [7, 11) is 1.67. The van der Waals surface area contributed by atoms with Crippen LogP contribution in [0.25, 0.3) is 0 Å². The monoisotopic (exact) mass is 615 g/mol. The lowest BCUT2D eigenvalue weighted by atomic mass is 10.1. The summed E-state index contributed by atoms with van der Waals surface area (Å²) in [5, 5.41) is 0. The van der Waals surface area contributed by atoms with Crippen LogP contribution in [0.5, 0.6) is 5.75 Å². The van der Waals surface area contributed by atoms with Gasteiger partial charge in [-0.15, -0.1) is 0 Å². The van der Waals surface area contributed by atoms with Gasteiger partial charge in [-0.2, -0.15) is 0 Å². The summed E-state index contributed by atoms with van der Waals surface area (Å²) >= 11 is 3.44. The van der Waals surface area contributed by atoms with Gasteiger partial charge in [0.2, 0.25) is 5.91 Å². The van der Waals surface area contributed by atoms with Gasteiger partial charge >= 0.3 is 0 Å². The Kier molecular flexibility index (Phi) is 11.2. The van der Waals surface area contributed by atoms with Crippen LogP contribution >= 0.6 is 15.9 Å². The van der Waals surface area contributed by atoms with E-state index in [1.54, 1.807) is 24.1 Å². The van der Waals surface area contributed by atoms with E-state index in [4.69, 9.17) is 4.74 Å². The van der Waals surface area contributed by atoms with E-state index < -0.39 is 0 Å². The molecule has 214 valence electrons. The van der Waals surface area contributed by atoms with Gasteiger partial charge in [-0.1, -0.05) is 78.2 Å². The second-order valence-electron chi connectivity index (χ2n) is 10.2. The number of ether oxygens (including phenoxy) is 1. The predicted octanol–water partition coefficient (Wildman–Crippen LogP) is 7.17. The highest BCUT2D eigenvalue weighted by Crippen LogP contribution is 2.18. The Labute approximate surface area is 251 Å². The Hall–Kier alpha value is -3.84. The molecule has 0 radical (unpaired) electrons. The number of unbranched alkanes of at least 4 members (excludes halogenated alkanes) is 2. The van der Waals surface area contributed by atoms with Crippen molar-refractivity contribution < 1.29 is 14.3 Å². The van der Waals surface area contributed by atoms with Gasteiger partial charge in [0, 0.05) is 41.6 Å². The van der Waals surface area contributed by atoms with E-state index in [1.807, 2.05) is 77.8 Å². The van der Waals surface area contributed by atoms with Gasteiger partial charge in [-0.3, -0.25) is 9.59 Å². The molecular weight excluding hydrogens is 578 g/mol. The topological polar surface area (TPSA) is 54.8 Å². The summed E-state index contributed by atoms with van der Waals surface area (Å²) in [5.41, 5.74) is 3.77. The molecule has 0 saturated carbocycles. The third-order valence-corrected chi connectivity index (χ3v) is 7.60. The lowest BCUT2D eigenvalue weighted by Crippen LogP contribution is -2.43. The van der Waals surface area contributed by atoms with Crippen molar-refractivity contribution in [2.24, 2.45) is 0 Å². The zero-order valence-corrected chi connectivity index (χ0v) is 25.4. The van der Waals surface area contributed by atoms with Crippen LogP contribution in [0.2, 0.25) is 0 Å². The van der Waals surface area contributed by atoms with Gasteiger partial charge in [-0.25, -0.2) is 0 Å². The minimum atomic E-state index is -0.122. The molecule has 6 nitrogen and oxygen atoms in total. The number of halogens is 1. The molecule has 0 bridgehead atoms. The molecule has 0 aliphatic heterocycles. The van der Waals surface area contributed by atoms with Gasteiger partial charge in [-0.05, 0) is 66.1 Å². The van der Waals surface area contributed by atoms with Crippen molar-refractivity contribution >= 4 is 27.7 Å². The van der Waals surface area contributed by atoms with Gasteiger partial charge in [0.1, 0.15) is 12.3 Å². The van der Waals surface area contributed by atoms with Crippen LogP contribution < -0.4 is 4.74 Å². The molecule has 0 spiro atoms. The fourth-order valence-corrected chi connectivity index (χ4v) is 5.05. The first-order valence-electron chi connectivity index (χ1n) is 14.1. The molecule has 1 aromatic heterocycles. The summed E-state index contributed by atoms with van der Waals surface area (Å²) < 4.78 is 8.47. The first-order chi connectivity index (χ1) is 20.0. The fraction of sp³-hybridized carbons (Fsp3) is 0.294. The molecule has 41 heavy (non-hydrogen) atoms. The SMILES string of the molecule is CCCCCN(CC(=O)N(Cc1ccccc1)Cc1cccn1Cc1cccc(OC)c1)C(=O)c1ccc(Br)cc1. The van der Waals surface area contributed by atoms with Crippen LogP contribution in [-0.2, 0) is 24.4 Å². The average molecular weight is 617 g/mol. The Morgan fingerprint density at radius 2 is 1.59 bits per heavy atom. The van der Waals surface area contributed by atoms with E-state index in [9.17, 15) is 9.59 Å². The molecule has 0 atom stereocenters. The second-order valence-corrected chi connectivity index (χ2v) is 11.1. The van der Waals surface area contributed by atoms with Crippen LogP contribution in [0.4, 0.5) is 0 Å². The minimum Gasteiger partial charge on any atom is -0.497 e. The molecular formula is C34H38BrN3O3. The molecule has 2 amide bonds. The lowest BCUT2D eigenvalue weighted by Gasteiger charge is -2.28. The van der Waals surface area contributed by atoms with Crippen molar-refractivity contribution in [3.63, 3.8) is 0 Å². The first-order valence-corrected chi connectivity index (χ1v) is 14.9. The predicted molar refractivity (Wildman–Crippen MR) is 167 cm³/mol. The number of nitrogens with zero attached hydrogens (tertiary/aromatic N) is 3. The second kappa shape index (κ2) is 15.2. The highest BCUT2D eigenvalue weighted by molar-refractivity contribution is 9.10. The zero-order valence-electron chi connectivity index (χ0n) is 23.8. The van der Waals surface area contributed by atoms with E-state index in [0.29, 0.717) is 31.7 Å². The summed E-state index contributed by atoms with van der Waals surface area (Å²) in [6.45, 7) is 4.26. The van der Waals surface area contributed by atoms with E-state index in [0.717, 1.165) is 46.3 Å². The van der Waals surface area contributed by atoms with E-state index >= 15 is 0 Å². The number of amides is 2. The lowest BCUT2D eigenvalue weighted by molar-refractivity contribution is -0.133. The quantitative estimate of drug-likeness (QED) is 0.141. The van der Waals surface area contributed by atoms with Crippen LogP contribution in [-0.4, -0.2) is 46.4 Å². The fourth-order valence-electron chi connectivity index (χ4n) is 4.79. The van der Waals surface area contributed by atoms with Gasteiger partial charge < -0.3 is 19.1 Å². The molecule has 0 unspecified atom stereocenters. The number of carbonyl (C=O) groups excluding carboxylic acids is 2. The Morgan fingerprint density at radius 1 is 0.829 bits per heavy atom. The van der Waals surface area contributed by atoms with E-state index in [-0.39, 0.29) is 18.4 Å². The number of rotatable bonds is 14. The molecule has 4 rings (SSSR count). The molecule has 7 heteroatoms. The molecule has 0 N–H and O–H groups in total. The third kappa shape index (κ3) is 8.82. The molecule has 0 aliphatic rings. The zero-order chi connectivity index (χ0) is 29.0. The Morgan fingerprint density at radius 3 is 2.32 bits per heavy atom. The number of hydrogen-bond acceptors (Lipinski definition) is 3. The van der Waals surface area contributed by atoms with Crippen molar-refractivity contribution in [2.45, 2.75) is 45.8 Å². The molecule has 3 aromatic carbocycles. The highest BCUT2D eigenvalue weighted by Gasteiger charge is 2.23. The minimum absolute atomic E-state index is 0.0298. The van der Waals surface area contributed by atoms with Crippen LogP contribution in [0.15, 0.2) is 102 Å². The standard InChI is InChI=1S/C34H38BrN3O3/c1-3-4-8-20-37(34(40)29-16-18-30(35)19-17-29)26-33(39)38(23-27-11-6-5-7-12-27)25-31-14-10-21-36(31)24-28-13-9-15-32(22-28)41-2/h5-7,9-19,21-22H,3-4,8,20,23-26H2,1-2H3. The summed E-state index contributed by atoms with van der Waals surface area (Å²) in [5.74, 6) is 0.614. The maximum Gasteiger partial charge on any atom is 0.254 e. The molecule has 4 aromatic rings. The van der Waals surface area contributed by atoms with Crippen molar-refractivity contribution in [3.8, 4) is 5.75 Å². The van der Waals surface area contributed by atoms with Gasteiger partial charge in [0.05, 0.1) is 13.7 Å². The van der Waals surface area contributed by atoms with Gasteiger partial charge in [0.15, 0.2) is 0 Å². The third-order valence-electron chi connectivity index (χ3n) is 7.07. The summed E-state index contributed by atoms with van der Waals surface area (Å²) in [6.07, 6.45) is 4.94. The number of carbonyl (C=O) groups is 2. The maximum absolute atomic E-state index is 14.0. The van der Waals surface area contributed by atoms with E-state index in [1.165, 1.54) is 0 Å². The summed E-state index contributed by atoms with van der Waals surface area (Å²) in [6, 6.07) is 29.4. The van der Waals surface area contributed by atoms with Crippen molar-refractivity contribution in [1.29, 1.82) is 0 Å². The first kappa shape index (κ1) is 30.1. The maximum atomic E-state index is 14.0. The molecule has 1 heterocycles. The number of methoxy groups -OCH3 is 1. The molecule has 0 saturated heterocycles. The number of aromatic nitrogens is 1. The van der Waals surface area contributed by atoms with Crippen molar-refractivity contribution in [3.05, 3.63) is 124 Å². The van der Waals surface area contributed by atoms with Crippen LogP contribution in [0.3, 0.4) is 0 Å². The molecule has 0 aliphatic carbocycles. The van der Waals surface area contributed by atoms with Crippen molar-refractivity contribution in [1.82, 2.24) is 14.4 Å². The molecule has 0 fully saturated rings. The Bertz CT molecular complexity index is 1400.